The van der Waals surface area contributed by atoms with E-state index >= 15 is 0 Å². The number of aliphatic carboxylic acids is 1. The molecule has 4 heterocycles. The number of thiophene rings is 3. The standard InChI is InChI=1S/C30H20N2O2S3/c1-2-32-23-6-4-3-5-21(23)22-16-18(7-9-24(22)32)25-11-12-28(36-25)29-14-13-27(37-29)26-10-8-20(35-26)15-19(17-31)30(33)34/h3-16H,2H2,1H3,(H,33,34)/b19-15+. The summed E-state index contributed by atoms with van der Waals surface area (Å²) in [6, 6.07) is 29.6. The first-order chi connectivity index (χ1) is 18.1. The fourth-order valence-electron chi connectivity index (χ4n) is 4.62. The number of aromatic nitrogens is 1. The molecule has 0 bridgehead atoms. The first-order valence-corrected chi connectivity index (χ1v) is 14.2. The summed E-state index contributed by atoms with van der Waals surface area (Å²) in [6.45, 7) is 3.13. The van der Waals surface area contributed by atoms with E-state index in [0.29, 0.717) is 0 Å². The van der Waals surface area contributed by atoms with E-state index < -0.39 is 5.97 Å². The number of hydrogen-bond acceptors (Lipinski definition) is 5. The normalized spacial score (nSPS) is 11.8. The van der Waals surface area contributed by atoms with Gasteiger partial charge in [-0.2, -0.15) is 5.26 Å². The van der Waals surface area contributed by atoms with Crippen molar-refractivity contribution >= 4 is 67.9 Å². The third-order valence-corrected chi connectivity index (χ3v) is 9.98. The minimum atomic E-state index is -1.21. The van der Waals surface area contributed by atoms with Crippen LogP contribution < -0.4 is 0 Å². The Bertz CT molecular complexity index is 1870. The van der Waals surface area contributed by atoms with Crippen LogP contribution in [-0.4, -0.2) is 15.6 Å². The van der Waals surface area contributed by atoms with Crippen molar-refractivity contribution < 1.29 is 9.90 Å². The van der Waals surface area contributed by atoms with Crippen LogP contribution in [0, 0.1) is 11.3 Å². The fraction of sp³-hybridized carbons (Fsp3) is 0.0667. The number of benzene rings is 2. The maximum absolute atomic E-state index is 11.1. The molecule has 6 rings (SSSR count). The highest BCUT2D eigenvalue weighted by molar-refractivity contribution is 7.27. The molecule has 6 aromatic rings. The van der Waals surface area contributed by atoms with Gasteiger partial charge in [-0.3, -0.25) is 0 Å². The number of para-hydroxylation sites is 1. The molecular weight excluding hydrogens is 517 g/mol. The molecular formula is C30H20N2O2S3. The Morgan fingerprint density at radius 2 is 1.46 bits per heavy atom. The lowest BCUT2D eigenvalue weighted by Gasteiger charge is -2.03. The van der Waals surface area contributed by atoms with Crippen LogP contribution in [0.1, 0.15) is 11.8 Å². The Morgan fingerprint density at radius 3 is 2.16 bits per heavy atom. The molecule has 2 aromatic carbocycles. The molecule has 4 aromatic heterocycles. The molecule has 4 nitrogen and oxygen atoms in total. The molecule has 180 valence electrons. The van der Waals surface area contributed by atoms with Crippen LogP contribution in [0.15, 0.2) is 84.4 Å². The summed E-state index contributed by atoms with van der Waals surface area (Å²) in [5.41, 5.74) is 3.50. The van der Waals surface area contributed by atoms with Crippen LogP contribution in [0.2, 0.25) is 0 Å². The van der Waals surface area contributed by atoms with Crippen molar-refractivity contribution in [3.63, 3.8) is 0 Å². The van der Waals surface area contributed by atoms with E-state index in [1.807, 2.05) is 12.1 Å². The van der Waals surface area contributed by atoms with E-state index in [4.69, 9.17) is 10.4 Å². The molecule has 0 fully saturated rings. The molecule has 0 spiro atoms. The predicted octanol–water partition coefficient (Wildman–Crippen LogP) is 8.99. The molecule has 0 saturated heterocycles. The highest BCUT2D eigenvalue weighted by Gasteiger charge is 2.14. The number of carboxylic acid groups (broad SMARTS) is 1. The van der Waals surface area contributed by atoms with E-state index in [2.05, 4.69) is 78.2 Å². The molecule has 0 aliphatic rings. The fourth-order valence-corrected chi connectivity index (χ4v) is 7.76. The van der Waals surface area contributed by atoms with Crippen molar-refractivity contribution in [2.24, 2.45) is 0 Å². The van der Waals surface area contributed by atoms with E-state index in [1.54, 1.807) is 28.7 Å². The van der Waals surface area contributed by atoms with Crippen molar-refractivity contribution in [2.45, 2.75) is 13.5 Å². The lowest BCUT2D eigenvalue weighted by Crippen LogP contribution is -1.96. The van der Waals surface area contributed by atoms with Crippen molar-refractivity contribution in [1.82, 2.24) is 4.57 Å². The van der Waals surface area contributed by atoms with Gasteiger partial charge in [-0.1, -0.05) is 24.3 Å². The van der Waals surface area contributed by atoms with Crippen molar-refractivity contribution in [3.8, 4) is 36.0 Å². The number of fused-ring (bicyclic) bond motifs is 3. The molecule has 0 atom stereocenters. The van der Waals surface area contributed by atoms with Gasteiger partial charge in [0.2, 0.25) is 0 Å². The first-order valence-electron chi connectivity index (χ1n) is 11.7. The predicted molar refractivity (Wildman–Crippen MR) is 156 cm³/mol. The van der Waals surface area contributed by atoms with Gasteiger partial charge in [-0.25, -0.2) is 4.79 Å². The van der Waals surface area contributed by atoms with Crippen molar-refractivity contribution in [2.75, 3.05) is 0 Å². The molecule has 7 heteroatoms. The smallest absolute Gasteiger partial charge is 0.346 e. The summed E-state index contributed by atoms with van der Waals surface area (Å²) in [6.07, 6.45) is 1.42. The number of carboxylic acids is 1. The highest BCUT2D eigenvalue weighted by atomic mass is 32.1. The van der Waals surface area contributed by atoms with Crippen LogP contribution in [0.5, 0.6) is 0 Å². The molecule has 0 radical (unpaired) electrons. The largest absolute Gasteiger partial charge is 0.477 e. The summed E-state index contributed by atoms with van der Waals surface area (Å²) in [5.74, 6) is -1.21. The van der Waals surface area contributed by atoms with Crippen LogP contribution in [-0.2, 0) is 11.3 Å². The summed E-state index contributed by atoms with van der Waals surface area (Å²) >= 11 is 4.99. The summed E-state index contributed by atoms with van der Waals surface area (Å²) in [5, 5.41) is 20.7. The number of nitriles is 1. The summed E-state index contributed by atoms with van der Waals surface area (Å²) in [4.78, 5) is 17.7. The van der Waals surface area contributed by atoms with E-state index in [0.717, 1.165) is 21.2 Å². The monoisotopic (exact) mass is 536 g/mol. The third-order valence-electron chi connectivity index (χ3n) is 6.34. The second kappa shape index (κ2) is 9.49. The van der Waals surface area contributed by atoms with Crippen LogP contribution in [0.4, 0.5) is 0 Å². The molecule has 0 amide bonds. The van der Waals surface area contributed by atoms with E-state index in [9.17, 15) is 4.79 Å². The van der Waals surface area contributed by atoms with E-state index in [1.165, 1.54) is 59.4 Å². The molecule has 0 aliphatic heterocycles. The molecule has 37 heavy (non-hydrogen) atoms. The van der Waals surface area contributed by atoms with Crippen LogP contribution in [0.25, 0.3) is 57.8 Å². The van der Waals surface area contributed by atoms with Crippen LogP contribution >= 0.6 is 34.0 Å². The summed E-state index contributed by atoms with van der Waals surface area (Å²) in [7, 11) is 0. The average Bonchev–Trinajstić information content (AvgIpc) is 3.71. The molecule has 0 unspecified atom stereocenters. The van der Waals surface area contributed by atoms with Gasteiger partial charge >= 0.3 is 5.97 Å². The highest BCUT2D eigenvalue weighted by Crippen LogP contribution is 2.43. The second-order valence-corrected chi connectivity index (χ2v) is 11.8. The lowest BCUT2D eigenvalue weighted by molar-refractivity contribution is -0.132. The van der Waals surface area contributed by atoms with Crippen LogP contribution in [0.3, 0.4) is 0 Å². The molecule has 1 N–H and O–H groups in total. The molecule has 0 aliphatic carbocycles. The van der Waals surface area contributed by atoms with E-state index in [-0.39, 0.29) is 5.57 Å². The number of carbonyl (C=O) groups is 1. The first kappa shape index (κ1) is 23.4. The summed E-state index contributed by atoms with van der Waals surface area (Å²) < 4.78 is 2.37. The number of hydrogen-bond donors (Lipinski definition) is 1. The lowest BCUT2D eigenvalue weighted by atomic mass is 10.1. The maximum atomic E-state index is 11.1. The minimum Gasteiger partial charge on any atom is -0.477 e. The topological polar surface area (TPSA) is 66.0 Å². The Morgan fingerprint density at radius 1 is 0.838 bits per heavy atom. The van der Waals surface area contributed by atoms with Crippen molar-refractivity contribution in [3.05, 3.63) is 89.3 Å². The Hall–Kier alpha value is -3.96. The van der Waals surface area contributed by atoms with Gasteiger partial charge in [0.15, 0.2) is 0 Å². The van der Waals surface area contributed by atoms with Gasteiger partial charge < -0.3 is 9.67 Å². The minimum absolute atomic E-state index is 0.260. The number of rotatable bonds is 6. The number of nitrogens with zero attached hydrogens (tertiary/aromatic N) is 2. The van der Waals surface area contributed by atoms with Gasteiger partial charge in [0, 0.05) is 57.6 Å². The van der Waals surface area contributed by atoms with Gasteiger partial charge in [-0.15, -0.1) is 34.0 Å². The quantitative estimate of drug-likeness (QED) is 0.171. The third kappa shape index (κ3) is 4.19. The van der Waals surface area contributed by atoms with Gasteiger partial charge in [0.05, 0.1) is 0 Å². The zero-order chi connectivity index (χ0) is 25.5. The van der Waals surface area contributed by atoms with Crippen molar-refractivity contribution in [1.29, 1.82) is 5.26 Å². The second-order valence-electron chi connectivity index (χ2n) is 8.50. The zero-order valence-corrected chi connectivity index (χ0v) is 22.2. The zero-order valence-electron chi connectivity index (χ0n) is 19.8. The van der Waals surface area contributed by atoms with Gasteiger partial charge in [-0.05, 0) is 73.2 Å². The SMILES string of the molecule is CCn1c2ccccc2c2cc(-c3ccc(-c4ccc(-c5ccc(/C=C(\C#N)C(=O)O)s5)s4)s3)ccc21. The Kier molecular flexibility index (Phi) is 6.01. The Labute approximate surface area is 225 Å². The maximum Gasteiger partial charge on any atom is 0.346 e. The number of aryl methyl sites for hydroxylation is 1. The average molecular weight is 537 g/mol. The molecule has 0 saturated carbocycles. The Balaban J connectivity index is 1.30. The van der Waals surface area contributed by atoms with Gasteiger partial charge in [0.25, 0.3) is 0 Å². The van der Waals surface area contributed by atoms with Gasteiger partial charge in [0.1, 0.15) is 11.6 Å².